The molecule has 1 N–H and O–H groups in total. The first-order valence-electron chi connectivity index (χ1n) is 4.90. The molecule has 0 atom stereocenters. The minimum atomic E-state index is -0.110. The molecule has 3 nitrogen and oxygen atoms in total. The molecular weight excluding hydrogens is 190 g/mol. The molecule has 0 saturated heterocycles. The Morgan fingerprint density at radius 2 is 2.00 bits per heavy atom. The number of unbranched alkanes of at least 4 members (excludes halogenated alkanes) is 1. The van der Waals surface area contributed by atoms with Crippen molar-refractivity contribution < 1.29 is 9.59 Å². The summed E-state index contributed by atoms with van der Waals surface area (Å²) in [5, 5.41) is 2.77. The van der Waals surface area contributed by atoms with Gasteiger partial charge in [0.05, 0.1) is 0 Å². The third-order valence-corrected chi connectivity index (χ3v) is 2.02. The maximum Gasteiger partial charge on any atom is 0.251 e. The summed E-state index contributed by atoms with van der Waals surface area (Å²) in [6, 6.07) is 6.54. The van der Waals surface area contributed by atoms with Gasteiger partial charge in [-0.1, -0.05) is 25.5 Å². The molecule has 0 aromatic heterocycles. The summed E-state index contributed by atoms with van der Waals surface area (Å²) in [5.74, 6) is -0.110. The molecule has 0 unspecified atom stereocenters. The largest absolute Gasteiger partial charge is 0.352 e. The van der Waals surface area contributed by atoms with Crippen LogP contribution >= 0.6 is 0 Å². The molecule has 0 aliphatic rings. The Morgan fingerprint density at radius 1 is 1.33 bits per heavy atom. The zero-order valence-electron chi connectivity index (χ0n) is 8.53. The van der Waals surface area contributed by atoms with Gasteiger partial charge in [-0.3, -0.25) is 9.59 Å². The Labute approximate surface area is 89.5 Å². The maximum absolute atomic E-state index is 11.5. The SMILES string of the molecule is [CH2]CCCNC(=O)c1ccc(C=O)cc1. The molecule has 0 saturated carbocycles. The summed E-state index contributed by atoms with van der Waals surface area (Å²) in [6.07, 6.45) is 2.44. The van der Waals surface area contributed by atoms with Gasteiger partial charge in [0.2, 0.25) is 0 Å². The molecule has 0 spiro atoms. The van der Waals surface area contributed by atoms with Crippen LogP contribution in [-0.4, -0.2) is 18.7 Å². The van der Waals surface area contributed by atoms with E-state index in [0.29, 0.717) is 17.7 Å². The van der Waals surface area contributed by atoms with E-state index >= 15 is 0 Å². The smallest absolute Gasteiger partial charge is 0.251 e. The molecule has 1 amide bonds. The minimum absolute atomic E-state index is 0.110. The van der Waals surface area contributed by atoms with Crippen LogP contribution < -0.4 is 5.32 Å². The van der Waals surface area contributed by atoms with Gasteiger partial charge < -0.3 is 5.32 Å². The molecule has 15 heavy (non-hydrogen) atoms. The van der Waals surface area contributed by atoms with Crippen molar-refractivity contribution in [1.82, 2.24) is 5.32 Å². The van der Waals surface area contributed by atoms with Gasteiger partial charge >= 0.3 is 0 Å². The number of nitrogens with one attached hydrogen (secondary N) is 1. The number of rotatable bonds is 5. The second kappa shape index (κ2) is 5.96. The van der Waals surface area contributed by atoms with Crippen LogP contribution in [0.5, 0.6) is 0 Å². The van der Waals surface area contributed by atoms with Crippen molar-refractivity contribution in [2.45, 2.75) is 12.8 Å². The van der Waals surface area contributed by atoms with Crippen LogP contribution in [0.1, 0.15) is 33.6 Å². The predicted octanol–water partition coefficient (Wildman–Crippen LogP) is 1.84. The summed E-state index contributed by atoms with van der Waals surface area (Å²) in [7, 11) is 0. The van der Waals surface area contributed by atoms with Gasteiger partial charge in [-0.05, 0) is 18.6 Å². The van der Waals surface area contributed by atoms with E-state index in [0.717, 1.165) is 19.1 Å². The highest BCUT2D eigenvalue weighted by atomic mass is 16.1. The van der Waals surface area contributed by atoms with Crippen molar-refractivity contribution >= 4 is 12.2 Å². The number of benzene rings is 1. The number of aldehydes is 1. The third-order valence-electron chi connectivity index (χ3n) is 2.02. The molecule has 1 aromatic carbocycles. The van der Waals surface area contributed by atoms with Gasteiger partial charge in [-0.2, -0.15) is 0 Å². The molecule has 3 heteroatoms. The Morgan fingerprint density at radius 3 is 2.53 bits per heavy atom. The zero-order valence-corrected chi connectivity index (χ0v) is 8.53. The van der Waals surface area contributed by atoms with Crippen LogP contribution in [0, 0.1) is 6.92 Å². The molecule has 0 bridgehead atoms. The first-order chi connectivity index (χ1) is 7.27. The van der Waals surface area contributed by atoms with Gasteiger partial charge in [0, 0.05) is 17.7 Å². The molecule has 1 rings (SSSR count). The normalized spacial score (nSPS) is 9.67. The Kier molecular flexibility index (Phi) is 4.54. The monoisotopic (exact) mass is 204 g/mol. The first kappa shape index (κ1) is 11.4. The minimum Gasteiger partial charge on any atom is -0.352 e. The molecule has 79 valence electrons. The van der Waals surface area contributed by atoms with Crippen LogP contribution in [-0.2, 0) is 0 Å². The van der Waals surface area contributed by atoms with E-state index in [4.69, 9.17) is 0 Å². The quantitative estimate of drug-likeness (QED) is 0.587. The highest BCUT2D eigenvalue weighted by molar-refractivity contribution is 5.94. The molecule has 0 fully saturated rings. The molecule has 0 heterocycles. The summed E-state index contributed by atoms with van der Waals surface area (Å²) >= 11 is 0. The fourth-order valence-corrected chi connectivity index (χ4v) is 1.14. The van der Waals surface area contributed by atoms with Crippen molar-refractivity contribution in [3.8, 4) is 0 Å². The fraction of sp³-hybridized carbons (Fsp3) is 0.250. The van der Waals surface area contributed by atoms with Crippen molar-refractivity contribution in [2.75, 3.05) is 6.54 Å². The topological polar surface area (TPSA) is 46.2 Å². The molecule has 1 aromatic rings. The summed E-state index contributed by atoms with van der Waals surface area (Å²) < 4.78 is 0. The standard InChI is InChI=1S/C12H14NO2/c1-2-3-8-13-12(15)11-6-4-10(9-14)5-7-11/h4-7,9H,1-3,8H2,(H,13,15). The number of carbonyl (C=O) groups is 2. The van der Waals surface area contributed by atoms with E-state index in [1.54, 1.807) is 24.3 Å². The lowest BCUT2D eigenvalue weighted by Crippen LogP contribution is -2.24. The van der Waals surface area contributed by atoms with Gasteiger partial charge in [0.25, 0.3) is 5.91 Å². The Hall–Kier alpha value is -1.64. The highest BCUT2D eigenvalue weighted by Crippen LogP contribution is 2.02. The van der Waals surface area contributed by atoms with E-state index < -0.39 is 0 Å². The van der Waals surface area contributed by atoms with E-state index in [-0.39, 0.29) is 5.91 Å². The summed E-state index contributed by atoms with van der Waals surface area (Å²) in [5.41, 5.74) is 1.15. The van der Waals surface area contributed by atoms with Gasteiger partial charge in [-0.15, -0.1) is 0 Å². The van der Waals surface area contributed by atoms with Gasteiger partial charge in [0.15, 0.2) is 0 Å². The highest BCUT2D eigenvalue weighted by Gasteiger charge is 2.03. The van der Waals surface area contributed by atoms with Crippen molar-refractivity contribution in [3.05, 3.63) is 42.3 Å². The van der Waals surface area contributed by atoms with Gasteiger partial charge in [-0.25, -0.2) is 0 Å². The summed E-state index contributed by atoms with van der Waals surface area (Å²) in [6.45, 7) is 4.32. The number of amides is 1. The first-order valence-corrected chi connectivity index (χ1v) is 4.90. The Balaban J connectivity index is 2.54. The fourth-order valence-electron chi connectivity index (χ4n) is 1.14. The van der Waals surface area contributed by atoms with Gasteiger partial charge in [0.1, 0.15) is 6.29 Å². The second-order valence-corrected chi connectivity index (χ2v) is 3.20. The van der Waals surface area contributed by atoms with E-state index in [2.05, 4.69) is 12.2 Å². The second-order valence-electron chi connectivity index (χ2n) is 3.20. The number of carbonyl (C=O) groups excluding carboxylic acids is 2. The maximum atomic E-state index is 11.5. The lowest BCUT2D eigenvalue weighted by molar-refractivity contribution is 0.0952. The van der Waals surface area contributed by atoms with Crippen LogP contribution in [0.15, 0.2) is 24.3 Å². The number of hydrogen-bond donors (Lipinski definition) is 1. The third kappa shape index (κ3) is 3.54. The lowest BCUT2D eigenvalue weighted by Gasteiger charge is -2.03. The molecule has 0 aliphatic carbocycles. The predicted molar refractivity (Wildman–Crippen MR) is 58.8 cm³/mol. The van der Waals surface area contributed by atoms with Crippen LogP contribution in [0.4, 0.5) is 0 Å². The molecular formula is C12H14NO2. The van der Waals surface area contributed by atoms with Crippen LogP contribution in [0.2, 0.25) is 0 Å². The molecule has 0 aliphatic heterocycles. The van der Waals surface area contributed by atoms with Crippen molar-refractivity contribution in [3.63, 3.8) is 0 Å². The van der Waals surface area contributed by atoms with E-state index in [1.165, 1.54) is 0 Å². The average molecular weight is 204 g/mol. The van der Waals surface area contributed by atoms with Crippen LogP contribution in [0.3, 0.4) is 0 Å². The van der Waals surface area contributed by atoms with Crippen molar-refractivity contribution in [1.29, 1.82) is 0 Å². The van der Waals surface area contributed by atoms with Crippen molar-refractivity contribution in [2.24, 2.45) is 0 Å². The van der Waals surface area contributed by atoms with E-state index in [9.17, 15) is 9.59 Å². The van der Waals surface area contributed by atoms with E-state index in [1.807, 2.05) is 0 Å². The van der Waals surface area contributed by atoms with Crippen LogP contribution in [0.25, 0.3) is 0 Å². The summed E-state index contributed by atoms with van der Waals surface area (Å²) in [4.78, 5) is 21.9. The average Bonchev–Trinajstić information content (AvgIpc) is 2.29. The molecule has 1 radical (unpaired) electrons. The number of hydrogen-bond acceptors (Lipinski definition) is 2. The Bertz CT molecular complexity index is 330. The zero-order chi connectivity index (χ0) is 11.1. The lowest BCUT2D eigenvalue weighted by atomic mass is 10.1.